The predicted molar refractivity (Wildman–Crippen MR) is 112 cm³/mol. The zero-order valence-corrected chi connectivity index (χ0v) is 16.7. The van der Waals surface area contributed by atoms with E-state index in [4.69, 9.17) is 15.3 Å². The van der Waals surface area contributed by atoms with Crippen molar-refractivity contribution in [3.63, 3.8) is 0 Å². The van der Waals surface area contributed by atoms with Crippen molar-refractivity contribution in [3.05, 3.63) is 59.7 Å². The summed E-state index contributed by atoms with van der Waals surface area (Å²) >= 11 is 1.51. The molecular weight excluding hydrogens is 376 g/mol. The number of hydrogen-bond acceptors (Lipinski definition) is 8. The van der Waals surface area contributed by atoms with E-state index in [2.05, 4.69) is 32.9 Å². The number of rotatable bonds is 8. The quantitative estimate of drug-likeness (QED) is 0.260. The standard InChI is InChI=1S/C19H22N6O2S/c1-13(15-9-10-16(26-2)17(11-15)27-3)21-22-18-23-24-19(25(18)20)28-12-14-7-5-4-6-8-14/h4-11H,12,20H2,1-3H3,(H,22,23)/b21-13+. The number of aromatic nitrogens is 3. The number of methoxy groups -OCH3 is 2. The molecule has 28 heavy (non-hydrogen) atoms. The Labute approximate surface area is 167 Å². The zero-order valence-electron chi connectivity index (χ0n) is 15.9. The Morgan fingerprint density at radius 2 is 1.86 bits per heavy atom. The van der Waals surface area contributed by atoms with Crippen molar-refractivity contribution in [1.82, 2.24) is 14.9 Å². The summed E-state index contributed by atoms with van der Waals surface area (Å²) in [7, 11) is 3.19. The molecule has 0 spiro atoms. The first-order valence-electron chi connectivity index (χ1n) is 8.52. The number of nitrogens with zero attached hydrogens (tertiary/aromatic N) is 4. The lowest BCUT2D eigenvalue weighted by atomic mass is 10.1. The Hall–Kier alpha value is -3.20. The van der Waals surface area contributed by atoms with E-state index in [-0.39, 0.29) is 0 Å². The highest BCUT2D eigenvalue weighted by Gasteiger charge is 2.11. The molecule has 3 aromatic rings. The van der Waals surface area contributed by atoms with Gasteiger partial charge in [0.1, 0.15) is 0 Å². The van der Waals surface area contributed by atoms with E-state index in [0.717, 1.165) is 17.0 Å². The number of thioether (sulfide) groups is 1. The second-order valence-corrected chi connectivity index (χ2v) is 6.77. The van der Waals surface area contributed by atoms with Gasteiger partial charge in [-0.2, -0.15) is 5.10 Å². The molecule has 0 aliphatic heterocycles. The molecule has 0 aliphatic carbocycles. The van der Waals surface area contributed by atoms with Gasteiger partial charge < -0.3 is 15.3 Å². The Balaban J connectivity index is 1.67. The third-order valence-corrected chi connectivity index (χ3v) is 5.01. The van der Waals surface area contributed by atoms with Crippen LogP contribution in [0.5, 0.6) is 11.5 Å². The molecule has 2 aromatic carbocycles. The lowest BCUT2D eigenvalue weighted by Gasteiger charge is -2.09. The number of hydrazone groups is 1. The molecule has 0 atom stereocenters. The molecule has 0 aliphatic rings. The molecule has 0 fully saturated rings. The summed E-state index contributed by atoms with van der Waals surface area (Å²) < 4.78 is 12.0. The third-order valence-electron chi connectivity index (χ3n) is 4.00. The van der Waals surface area contributed by atoms with Crippen molar-refractivity contribution in [2.75, 3.05) is 25.5 Å². The maximum Gasteiger partial charge on any atom is 0.264 e. The first kappa shape index (κ1) is 19.6. The first-order chi connectivity index (χ1) is 13.6. The lowest BCUT2D eigenvalue weighted by Crippen LogP contribution is -2.14. The van der Waals surface area contributed by atoms with Crippen LogP contribution in [0, 0.1) is 0 Å². The Morgan fingerprint density at radius 1 is 1.11 bits per heavy atom. The fourth-order valence-electron chi connectivity index (χ4n) is 2.43. The molecule has 0 saturated heterocycles. The van der Waals surface area contributed by atoms with Gasteiger partial charge >= 0.3 is 0 Å². The van der Waals surface area contributed by atoms with E-state index in [1.807, 2.05) is 43.3 Å². The average Bonchev–Trinajstić information content (AvgIpc) is 3.10. The molecular formula is C19H22N6O2S. The molecule has 0 saturated carbocycles. The van der Waals surface area contributed by atoms with Gasteiger partial charge in [0.25, 0.3) is 5.95 Å². The number of nitrogen functional groups attached to an aromatic ring is 1. The van der Waals surface area contributed by atoms with Gasteiger partial charge in [0.2, 0.25) is 5.16 Å². The number of benzene rings is 2. The molecule has 0 amide bonds. The highest BCUT2D eigenvalue weighted by molar-refractivity contribution is 7.98. The molecule has 146 valence electrons. The predicted octanol–water partition coefficient (Wildman–Crippen LogP) is 3.14. The molecule has 3 rings (SSSR count). The molecule has 0 bridgehead atoms. The fourth-order valence-corrected chi connectivity index (χ4v) is 3.25. The van der Waals surface area contributed by atoms with Crippen molar-refractivity contribution in [1.29, 1.82) is 0 Å². The Morgan fingerprint density at radius 3 is 2.57 bits per heavy atom. The lowest BCUT2D eigenvalue weighted by molar-refractivity contribution is 0.355. The van der Waals surface area contributed by atoms with Crippen molar-refractivity contribution in [2.45, 2.75) is 17.8 Å². The molecule has 9 heteroatoms. The topological polar surface area (TPSA) is 99.6 Å². The van der Waals surface area contributed by atoms with E-state index >= 15 is 0 Å². The normalized spacial score (nSPS) is 11.3. The summed E-state index contributed by atoms with van der Waals surface area (Å²) in [6.07, 6.45) is 0. The van der Waals surface area contributed by atoms with Gasteiger partial charge in [-0.1, -0.05) is 42.1 Å². The summed E-state index contributed by atoms with van der Waals surface area (Å²) in [5.41, 5.74) is 5.67. The minimum Gasteiger partial charge on any atom is -0.493 e. The van der Waals surface area contributed by atoms with Gasteiger partial charge in [-0.15, -0.1) is 10.2 Å². The molecule has 1 heterocycles. The van der Waals surface area contributed by atoms with E-state index in [1.165, 1.54) is 22.0 Å². The van der Waals surface area contributed by atoms with Gasteiger partial charge in [-0.3, -0.25) is 0 Å². The summed E-state index contributed by atoms with van der Waals surface area (Å²) in [5.74, 6) is 8.49. The Kier molecular flexibility index (Phi) is 6.38. The van der Waals surface area contributed by atoms with Gasteiger partial charge in [0, 0.05) is 11.3 Å². The molecule has 3 N–H and O–H groups in total. The number of ether oxygens (including phenoxy) is 2. The maximum atomic E-state index is 6.08. The van der Waals surface area contributed by atoms with Crippen LogP contribution >= 0.6 is 11.8 Å². The largest absolute Gasteiger partial charge is 0.493 e. The summed E-state index contributed by atoms with van der Waals surface area (Å²) in [6, 6.07) is 15.7. The maximum absolute atomic E-state index is 6.08. The van der Waals surface area contributed by atoms with Crippen LogP contribution in [0.4, 0.5) is 5.95 Å². The van der Waals surface area contributed by atoms with Crippen LogP contribution in [-0.2, 0) is 5.75 Å². The average molecular weight is 398 g/mol. The highest BCUT2D eigenvalue weighted by atomic mass is 32.2. The zero-order chi connectivity index (χ0) is 19.9. The summed E-state index contributed by atoms with van der Waals surface area (Å²) in [5, 5.41) is 13.1. The Bertz CT molecular complexity index is 958. The molecule has 1 aromatic heterocycles. The summed E-state index contributed by atoms with van der Waals surface area (Å²) in [4.78, 5) is 0. The SMILES string of the molecule is COc1ccc(/C(C)=N/Nc2nnc(SCc3ccccc3)n2N)cc1OC. The van der Waals surface area contributed by atoms with E-state index in [0.29, 0.717) is 22.6 Å². The van der Waals surface area contributed by atoms with Crippen LogP contribution in [0.2, 0.25) is 0 Å². The minimum atomic E-state index is 0.357. The van der Waals surface area contributed by atoms with E-state index in [9.17, 15) is 0 Å². The van der Waals surface area contributed by atoms with E-state index < -0.39 is 0 Å². The molecule has 8 nitrogen and oxygen atoms in total. The van der Waals surface area contributed by atoms with Crippen molar-refractivity contribution < 1.29 is 9.47 Å². The molecule has 0 radical (unpaired) electrons. The monoisotopic (exact) mass is 398 g/mol. The van der Waals surface area contributed by atoms with Crippen LogP contribution < -0.4 is 20.7 Å². The molecule has 0 unspecified atom stereocenters. The number of nitrogens with two attached hydrogens (primary N) is 1. The van der Waals surface area contributed by atoms with Crippen LogP contribution in [0.1, 0.15) is 18.1 Å². The van der Waals surface area contributed by atoms with Gasteiger partial charge in [0.05, 0.1) is 19.9 Å². The number of anilines is 1. The van der Waals surface area contributed by atoms with Gasteiger partial charge in [0.15, 0.2) is 11.5 Å². The van der Waals surface area contributed by atoms with Gasteiger partial charge in [-0.25, -0.2) is 10.1 Å². The van der Waals surface area contributed by atoms with Crippen LogP contribution in [0.25, 0.3) is 0 Å². The van der Waals surface area contributed by atoms with Gasteiger partial charge in [-0.05, 0) is 30.7 Å². The smallest absolute Gasteiger partial charge is 0.264 e. The van der Waals surface area contributed by atoms with Crippen molar-refractivity contribution >= 4 is 23.4 Å². The second-order valence-electron chi connectivity index (χ2n) is 5.83. The minimum absolute atomic E-state index is 0.357. The summed E-state index contributed by atoms with van der Waals surface area (Å²) in [6.45, 7) is 1.87. The van der Waals surface area contributed by atoms with E-state index in [1.54, 1.807) is 14.2 Å². The van der Waals surface area contributed by atoms with Crippen LogP contribution in [0.3, 0.4) is 0 Å². The van der Waals surface area contributed by atoms with Crippen molar-refractivity contribution in [3.8, 4) is 11.5 Å². The van der Waals surface area contributed by atoms with Crippen LogP contribution in [-0.4, -0.2) is 34.8 Å². The van der Waals surface area contributed by atoms with Crippen LogP contribution in [0.15, 0.2) is 58.8 Å². The third kappa shape index (κ3) is 4.55. The number of nitrogens with one attached hydrogen (secondary N) is 1. The number of hydrogen-bond donors (Lipinski definition) is 2. The highest BCUT2D eigenvalue weighted by Crippen LogP contribution is 2.28. The fraction of sp³-hybridized carbons (Fsp3) is 0.211. The second kappa shape index (κ2) is 9.14. The van der Waals surface area contributed by atoms with Crippen molar-refractivity contribution in [2.24, 2.45) is 5.10 Å². The first-order valence-corrected chi connectivity index (χ1v) is 9.51.